The molecule has 1 aliphatic heterocycles. The van der Waals surface area contributed by atoms with Crippen LogP contribution in [0.15, 0.2) is 30.0 Å². The summed E-state index contributed by atoms with van der Waals surface area (Å²) < 4.78 is 33.2. The molecule has 0 unspecified atom stereocenters. The molecule has 1 N–H and O–H groups in total. The number of hydrogen-bond acceptors (Lipinski definition) is 7. The molecule has 1 saturated heterocycles. The molecule has 0 radical (unpaired) electrons. The van der Waals surface area contributed by atoms with Gasteiger partial charge in [0.1, 0.15) is 23.2 Å². The fourth-order valence-corrected chi connectivity index (χ4v) is 4.29. The van der Waals surface area contributed by atoms with Crippen molar-refractivity contribution in [3.05, 3.63) is 41.7 Å². The van der Waals surface area contributed by atoms with Crippen molar-refractivity contribution in [2.75, 3.05) is 18.0 Å². The number of carbonyl (C=O) groups is 1. The highest BCUT2D eigenvalue weighted by Crippen LogP contribution is 2.35. The highest BCUT2D eigenvalue weighted by Gasteiger charge is 2.39. The van der Waals surface area contributed by atoms with E-state index in [-0.39, 0.29) is 29.8 Å². The number of ether oxygens (including phenoxy) is 1. The summed E-state index contributed by atoms with van der Waals surface area (Å²) in [6, 6.07) is 2.81. The summed E-state index contributed by atoms with van der Waals surface area (Å²) in [5, 5.41) is 3.01. The predicted octanol–water partition coefficient (Wildman–Crippen LogP) is 2.53. The van der Waals surface area contributed by atoms with Crippen LogP contribution in [0.4, 0.5) is 14.7 Å². The molecule has 150 valence electrons. The number of hydrogen-bond donors (Lipinski definition) is 1. The van der Waals surface area contributed by atoms with Crippen molar-refractivity contribution in [1.29, 1.82) is 0 Å². The van der Waals surface area contributed by atoms with Crippen molar-refractivity contribution in [2.45, 2.75) is 25.0 Å². The van der Waals surface area contributed by atoms with Crippen LogP contribution in [0.25, 0.3) is 10.2 Å². The van der Waals surface area contributed by atoms with Crippen LogP contribution in [0, 0.1) is 17.6 Å². The summed E-state index contributed by atoms with van der Waals surface area (Å²) >= 11 is 1.36. The SMILES string of the molecule is O=C(NC1CN(c2ncc(F)cn2)C1)C1CC(Oc2cc(F)cc3scnc23)C1. The van der Waals surface area contributed by atoms with Gasteiger partial charge in [-0.1, -0.05) is 0 Å². The van der Waals surface area contributed by atoms with Gasteiger partial charge in [0, 0.05) is 25.1 Å². The Morgan fingerprint density at radius 1 is 1.14 bits per heavy atom. The fraction of sp³-hybridized carbons (Fsp3) is 0.368. The van der Waals surface area contributed by atoms with E-state index in [1.807, 2.05) is 4.90 Å². The molecule has 2 fully saturated rings. The van der Waals surface area contributed by atoms with Crippen LogP contribution >= 0.6 is 11.3 Å². The molecule has 2 aromatic heterocycles. The van der Waals surface area contributed by atoms with Gasteiger partial charge >= 0.3 is 0 Å². The molecular weight excluding hydrogens is 400 g/mol. The van der Waals surface area contributed by atoms with Crippen LogP contribution in [0.5, 0.6) is 5.75 Å². The molecule has 10 heteroatoms. The van der Waals surface area contributed by atoms with Crippen LogP contribution in [-0.2, 0) is 4.79 Å². The van der Waals surface area contributed by atoms with Crippen molar-refractivity contribution in [1.82, 2.24) is 20.3 Å². The second-order valence-electron chi connectivity index (χ2n) is 7.32. The van der Waals surface area contributed by atoms with E-state index in [0.717, 1.165) is 17.1 Å². The number of rotatable bonds is 5. The molecule has 1 aromatic carbocycles. The van der Waals surface area contributed by atoms with Crippen LogP contribution in [0.3, 0.4) is 0 Å². The maximum Gasteiger partial charge on any atom is 0.225 e. The normalized spacial score (nSPS) is 21.5. The maximum atomic E-state index is 13.7. The van der Waals surface area contributed by atoms with E-state index in [1.165, 1.54) is 23.5 Å². The highest BCUT2D eigenvalue weighted by atomic mass is 32.1. The fourth-order valence-electron chi connectivity index (χ4n) is 3.57. The first-order chi connectivity index (χ1) is 14.0. The van der Waals surface area contributed by atoms with Crippen LogP contribution in [-0.4, -0.2) is 46.1 Å². The number of nitrogens with one attached hydrogen (secondary N) is 1. The highest BCUT2D eigenvalue weighted by molar-refractivity contribution is 7.16. The van der Waals surface area contributed by atoms with Crippen molar-refractivity contribution in [3.63, 3.8) is 0 Å². The van der Waals surface area contributed by atoms with Crippen molar-refractivity contribution in [3.8, 4) is 5.75 Å². The third-order valence-corrected chi connectivity index (χ3v) is 6.02. The minimum atomic E-state index is -0.477. The van der Waals surface area contributed by atoms with Gasteiger partial charge in [0.15, 0.2) is 5.82 Å². The second kappa shape index (κ2) is 7.18. The monoisotopic (exact) mass is 417 g/mol. The molecule has 2 aliphatic rings. The Kier molecular flexibility index (Phi) is 4.50. The van der Waals surface area contributed by atoms with Gasteiger partial charge in [0.25, 0.3) is 0 Å². The molecule has 3 heterocycles. The van der Waals surface area contributed by atoms with E-state index in [4.69, 9.17) is 4.74 Å². The van der Waals surface area contributed by atoms with Gasteiger partial charge in [-0.25, -0.2) is 23.7 Å². The number of halogens is 2. The number of carbonyl (C=O) groups excluding carboxylic acids is 1. The zero-order valence-electron chi connectivity index (χ0n) is 15.2. The number of amides is 1. The summed E-state index contributed by atoms with van der Waals surface area (Å²) in [7, 11) is 0. The van der Waals surface area contributed by atoms with E-state index in [0.29, 0.717) is 43.1 Å². The quantitative estimate of drug-likeness (QED) is 0.687. The number of nitrogens with zero attached hydrogens (tertiary/aromatic N) is 4. The average molecular weight is 417 g/mol. The van der Waals surface area contributed by atoms with E-state index >= 15 is 0 Å². The summed E-state index contributed by atoms with van der Waals surface area (Å²) in [4.78, 5) is 26.4. The lowest BCUT2D eigenvalue weighted by Gasteiger charge is -2.41. The molecule has 0 spiro atoms. The number of anilines is 1. The van der Waals surface area contributed by atoms with Crippen molar-refractivity contribution in [2.24, 2.45) is 5.92 Å². The maximum absolute atomic E-state index is 13.7. The number of thiazole rings is 1. The Bertz CT molecular complexity index is 1050. The minimum absolute atomic E-state index is 0.00688. The van der Waals surface area contributed by atoms with Crippen LogP contribution in [0.2, 0.25) is 0 Å². The lowest BCUT2D eigenvalue weighted by molar-refractivity contribution is -0.131. The summed E-state index contributed by atoms with van der Waals surface area (Å²) in [5.41, 5.74) is 2.31. The predicted molar refractivity (Wildman–Crippen MR) is 103 cm³/mol. The van der Waals surface area contributed by atoms with Crippen LogP contribution < -0.4 is 15.0 Å². The molecule has 0 atom stereocenters. The topological polar surface area (TPSA) is 80.2 Å². The van der Waals surface area contributed by atoms with Gasteiger partial charge in [0.05, 0.1) is 28.6 Å². The molecule has 29 heavy (non-hydrogen) atoms. The minimum Gasteiger partial charge on any atom is -0.488 e. The van der Waals surface area contributed by atoms with Gasteiger partial charge < -0.3 is 15.0 Å². The molecule has 1 aliphatic carbocycles. The molecule has 3 aromatic rings. The standard InChI is InChI=1S/C19H17F2N5O2S/c20-11-3-15(17-16(4-11)29-9-24-17)28-14-1-10(2-14)18(27)25-13-7-26(8-13)19-22-5-12(21)6-23-19/h3-6,9-10,13-14H,1-2,7-8H2,(H,25,27). The molecule has 1 amide bonds. The third kappa shape index (κ3) is 3.59. The summed E-state index contributed by atoms with van der Waals surface area (Å²) in [6.07, 6.45) is 3.31. The zero-order valence-corrected chi connectivity index (χ0v) is 16.0. The lowest BCUT2D eigenvalue weighted by Crippen LogP contribution is -2.61. The smallest absolute Gasteiger partial charge is 0.225 e. The third-order valence-electron chi connectivity index (χ3n) is 5.24. The molecule has 5 rings (SSSR count). The van der Waals surface area contributed by atoms with Gasteiger partial charge in [-0.15, -0.1) is 11.3 Å². The van der Waals surface area contributed by atoms with E-state index in [2.05, 4.69) is 20.3 Å². The summed E-state index contributed by atoms with van der Waals surface area (Å²) in [5.74, 6) is -0.0700. The lowest BCUT2D eigenvalue weighted by atomic mass is 9.81. The Morgan fingerprint density at radius 2 is 1.90 bits per heavy atom. The molecular formula is C19H17F2N5O2S. The number of benzene rings is 1. The first kappa shape index (κ1) is 18.2. The average Bonchev–Trinajstić information content (AvgIpc) is 3.09. The van der Waals surface area contributed by atoms with Gasteiger partial charge in [-0.2, -0.15) is 0 Å². The van der Waals surface area contributed by atoms with E-state index in [9.17, 15) is 13.6 Å². The molecule has 7 nitrogen and oxygen atoms in total. The second-order valence-corrected chi connectivity index (χ2v) is 8.21. The molecule has 0 bridgehead atoms. The van der Waals surface area contributed by atoms with Crippen molar-refractivity contribution < 1.29 is 18.3 Å². The summed E-state index contributed by atoms with van der Waals surface area (Å²) in [6.45, 7) is 1.18. The van der Waals surface area contributed by atoms with Crippen LogP contribution in [0.1, 0.15) is 12.8 Å². The molecule has 1 saturated carbocycles. The Hall–Kier alpha value is -2.88. The van der Waals surface area contributed by atoms with E-state index in [1.54, 1.807) is 5.51 Å². The Balaban J connectivity index is 1.10. The van der Waals surface area contributed by atoms with Gasteiger partial charge in [0.2, 0.25) is 11.9 Å². The van der Waals surface area contributed by atoms with E-state index < -0.39 is 5.82 Å². The Morgan fingerprint density at radius 3 is 2.66 bits per heavy atom. The zero-order chi connectivity index (χ0) is 20.0. The van der Waals surface area contributed by atoms with Gasteiger partial charge in [-0.3, -0.25) is 4.79 Å². The Labute approximate surface area is 168 Å². The first-order valence-electron chi connectivity index (χ1n) is 9.27. The van der Waals surface area contributed by atoms with Gasteiger partial charge in [-0.05, 0) is 18.9 Å². The number of fused-ring (bicyclic) bond motifs is 1. The number of aromatic nitrogens is 3. The first-order valence-corrected chi connectivity index (χ1v) is 10.2. The van der Waals surface area contributed by atoms with Crippen molar-refractivity contribution >= 4 is 33.4 Å². The largest absolute Gasteiger partial charge is 0.488 e.